The number of halogens is 1. The minimum Gasteiger partial charge on any atom is -0.744 e. The van der Waals surface area contributed by atoms with E-state index in [4.69, 9.17) is 5.11 Å². The van der Waals surface area contributed by atoms with Crippen molar-refractivity contribution in [1.29, 1.82) is 0 Å². The Kier molecular flexibility index (Phi) is 2.91. The van der Waals surface area contributed by atoms with Gasteiger partial charge in [0.15, 0.2) is 0 Å². The van der Waals surface area contributed by atoms with Gasteiger partial charge in [-0.05, 0) is 0 Å². The molecule has 2 N–H and O–H groups in total. The van der Waals surface area contributed by atoms with Crippen LogP contribution in [-0.4, -0.2) is 27.4 Å². The minimum atomic E-state index is -1.21. The van der Waals surface area contributed by atoms with Gasteiger partial charge in [0.1, 0.15) is 12.8 Å². The summed E-state index contributed by atoms with van der Waals surface area (Å²) >= 11 is 0. The third-order valence-corrected chi connectivity index (χ3v) is 1.50. The second-order valence-electron chi connectivity index (χ2n) is 2.50. The first-order valence-corrected chi connectivity index (χ1v) is 3.60. The highest BCUT2D eigenvalue weighted by atomic mass is 19.1. The van der Waals surface area contributed by atoms with Crippen LogP contribution in [0.15, 0.2) is 12.4 Å². The number of rotatable bonds is 3. The first-order chi connectivity index (χ1) is 6.15. The lowest BCUT2D eigenvalue weighted by molar-refractivity contribution is 0.120. The molecule has 1 unspecified atom stereocenters. The van der Waals surface area contributed by atoms with E-state index in [0.29, 0.717) is 0 Å². The quantitative estimate of drug-likeness (QED) is 0.593. The fraction of sp³-hybridized carbons (Fsp3) is 0.500. The number of aliphatic hydroxyl groups excluding tert-OH is 1. The van der Waals surface area contributed by atoms with Crippen LogP contribution in [0.2, 0.25) is 0 Å². The largest absolute Gasteiger partial charge is 0.744 e. The molecule has 0 radical (unpaired) electrons. The molecule has 0 bridgehead atoms. The van der Waals surface area contributed by atoms with E-state index in [0.717, 1.165) is 4.57 Å². The minimum absolute atomic E-state index is 0.129. The lowest BCUT2D eigenvalue weighted by Gasteiger charge is -2.12. The first kappa shape index (κ1) is 9.59. The van der Waals surface area contributed by atoms with E-state index in [-0.39, 0.29) is 12.2 Å². The Labute approximate surface area is 72.7 Å². The number of hydrogen-bond donors (Lipinski definition) is 2. The molecule has 0 spiro atoms. The third kappa shape index (κ3) is 2.22. The molecule has 0 aliphatic carbocycles. The molecule has 1 aromatic heterocycles. The summed E-state index contributed by atoms with van der Waals surface area (Å²) in [5.74, 6) is 0. The zero-order valence-electron chi connectivity index (χ0n) is 6.68. The highest BCUT2D eigenvalue weighted by Crippen LogP contribution is 1.88. The third-order valence-electron chi connectivity index (χ3n) is 1.50. The number of alkyl halides is 1. The summed E-state index contributed by atoms with van der Waals surface area (Å²) in [6, 6.07) is 0. The van der Waals surface area contributed by atoms with Gasteiger partial charge in [-0.15, -0.1) is 0 Å². The van der Waals surface area contributed by atoms with Crippen LogP contribution in [0.4, 0.5) is 4.39 Å². The van der Waals surface area contributed by atoms with Crippen LogP contribution in [-0.2, 0) is 6.54 Å². The number of hydrogen-bond acceptors (Lipinski definition) is 3. The second-order valence-corrected chi connectivity index (χ2v) is 2.50. The highest BCUT2D eigenvalue weighted by molar-refractivity contribution is 4.78. The average Bonchev–Trinajstić information content (AvgIpc) is 2.52. The van der Waals surface area contributed by atoms with Gasteiger partial charge in [-0.1, -0.05) is 0 Å². The second kappa shape index (κ2) is 3.94. The smallest absolute Gasteiger partial charge is 0.358 e. The SMILES string of the molecule is [O-][N+]([O-])=c1[nH]ccn1CC(O)CF. The lowest BCUT2D eigenvalue weighted by atomic mass is 10.4. The van der Waals surface area contributed by atoms with Crippen molar-refractivity contribution in [2.24, 2.45) is 0 Å². The fourth-order valence-electron chi connectivity index (χ4n) is 0.936. The summed E-state index contributed by atoms with van der Waals surface area (Å²) in [4.78, 5) is 1.73. The van der Waals surface area contributed by atoms with Crippen molar-refractivity contribution in [3.63, 3.8) is 0 Å². The molecule has 0 amide bonds. The number of nitrogens with zero attached hydrogens (tertiary/aromatic N) is 2. The van der Waals surface area contributed by atoms with Gasteiger partial charge in [0.25, 0.3) is 0 Å². The van der Waals surface area contributed by atoms with E-state index in [1.165, 1.54) is 12.4 Å². The van der Waals surface area contributed by atoms with Crippen molar-refractivity contribution >= 4 is 0 Å². The average molecular weight is 190 g/mol. The molecule has 13 heavy (non-hydrogen) atoms. The predicted molar refractivity (Wildman–Crippen MR) is 42.8 cm³/mol. The van der Waals surface area contributed by atoms with Crippen molar-refractivity contribution < 1.29 is 9.50 Å². The Morgan fingerprint density at radius 2 is 2.38 bits per heavy atom. The molecule has 0 aliphatic heterocycles. The van der Waals surface area contributed by atoms with Crippen molar-refractivity contribution in [2.45, 2.75) is 12.6 Å². The van der Waals surface area contributed by atoms with Crippen molar-refractivity contribution in [1.82, 2.24) is 14.5 Å². The lowest BCUT2D eigenvalue weighted by Crippen LogP contribution is -2.33. The van der Waals surface area contributed by atoms with Gasteiger partial charge < -0.3 is 15.5 Å². The van der Waals surface area contributed by atoms with Gasteiger partial charge in [-0.2, -0.15) is 0 Å². The molecule has 0 saturated heterocycles. The summed E-state index contributed by atoms with van der Waals surface area (Å²) in [7, 11) is 0. The Morgan fingerprint density at radius 3 is 2.92 bits per heavy atom. The maximum absolute atomic E-state index is 11.9. The van der Waals surface area contributed by atoms with Gasteiger partial charge in [0, 0.05) is 0 Å². The Balaban J connectivity index is 2.90. The number of aliphatic hydroxyl groups is 1. The molecule has 1 aromatic rings. The highest BCUT2D eigenvalue weighted by Gasteiger charge is 2.08. The number of imidazole rings is 1. The van der Waals surface area contributed by atoms with Crippen LogP contribution < -0.4 is 10.5 Å². The Morgan fingerprint density at radius 1 is 1.69 bits per heavy atom. The van der Waals surface area contributed by atoms with E-state index in [2.05, 4.69) is 4.98 Å². The number of aromatic amines is 1. The molecule has 0 fully saturated rings. The van der Waals surface area contributed by atoms with Crippen LogP contribution in [0, 0.1) is 10.4 Å². The molecule has 0 saturated carbocycles. The van der Waals surface area contributed by atoms with Gasteiger partial charge in [0.05, 0.1) is 18.9 Å². The van der Waals surface area contributed by atoms with Crippen molar-refractivity contribution in [3.8, 4) is 0 Å². The molecule has 1 heterocycles. The molecule has 1 atom stereocenters. The standard InChI is InChI=1S/C6H9FN3O3/c7-3-5(11)4-9-2-1-8-6(9)10(12)13/h1-2,5,8,11H,3-4H2/q-1. The van der Waals surface area contributed by atoms with E-state index in [1.54, 1.807) is 0 Å². The zero-order valence-corrected chi connectivity index (χ0v) is 6.68. The van der Waals surface area contributed by atoms with E-state index >= 15 is 0 Å². The molecule has 6 nitrogen and oxygen atoms in total. The van der Waals surface area contributed by atoms with Gasteiger partial charge in [-0.3, -0.25) is 4.90 Å². The van der Waals surface area contributed by atoms with E-state index in [1.807, 2.05) is 0 Å². The molecule has 0 aliphatic rings. The molecule has 7 heteroatoms. The number of aromatic nitrogens is 2. The normalized spacial score (nSPS) is 12.8. The van der Waals surface area contributed by atoms with Gasteiger partial charge >= 0.3 is 5.62 Å². The Hall–Kier alpha value is -1.50. The van der Waals surface area contributed by atoms with Crippen LogP contribution in [0.3, 0.4) is 0 Å². The first-order valence-electron chi connectivity index (χ1n) is 3.60. The fourth-order valence-corrected chi connectivity index (χ4v) is 0.936. The Bertz CT molecular complexity index is 328. The van der Waals surface area contributed by atoms with Crippen LogP contribution in [0.25, 0.3) is 0 Å². The maximum Gasteiger partial charge on any atom is 0.358 e. The molecule has 1 rings (SSSR count). The van der Waals surface area contributed by atoms with Gasteiger partial charge in [0.2, 0.25) is 0 Å². The van der Waals surface area contributed by atoms with Gasteiger partial charge in [-0.25, -0.2) is 13.9 Å². The van der Waals surface area contributed by atoms with Crippen molar-refractivity contribution in [2.75, 3.05) is 6.67 Å². The molecule has 0 aromatic carbocycles. The molecular formula is C6H9FN3O3-. The van der Waals surface area contributed by atoms with Crippen LogP contribution in [0.5, 0.6) is 0 Å². The monoisotopic (exact) mass is 190 g/mol. The number of H-pyrrole nitrogens is 1. The predicted octanol–water partition coefficient (Wildman–Crippen LogP) is -1.09. The summed E-state index contributed by atoms with van der Waals surface area (Å²) in [6.45, 7) is -1.05. The molecule has 74 valence electrons. The van der Waals surface area contributed by atoms with E-state index in [9.17, 15) is 14.8 Å². The summed E-state index contributed by atoms with van der Waals surface area (Å²) in [5, 5.41) is 29.6. The topological polar surface area (TPSA) is 90.1 Å². The van der Waals surface area contributed by atoms with Crippen molar-refractivity contribution in [3.05, 3.63) is 28.4 Å². The number of nitrogens with one attached hydrogen (secondary N) is 1. The zero-order chi connectivity index (χ0) is 9.84. The summed E-state index contributed by atoms with van der Waals surface area (Å²) in [5.41, 5.74) is -0.271. The molecular weight excluding hydrogens is 181 g/mol. The summed E-state index contributed by atoms with van der Waals surface area (Å²) < 4.78 is 13.0. The van der Waals surface area contributed by atoms with E-state index < -0.39 is 17.7 Å². The van der Waals surface area contributed by atoms with Crippen LogP contribution >= 0.6 is 0 Å². The van der Waals surface area contributed by atoms with Crippen LogP contribution in [0.1, 0.15) is 0 Å². The summed E-state index contributed by atoms with van der Waals surface area (Å²) in [6.07, 6.45) is 1.51. The maximum atomic E-state index is 11.9.